The van der Waals surface area contributed by atoms with Crippen molar-refractivity contribution < 1.29 is 0 Å². The van der Waals surface area contributed by atoms with Crippen LogP contribution in [0, 0.1) is 0 Å². The number of nitrogens with zero attached hydrogens (tertiary/aromatic N) is 2. The molecule has 0 aromatic carbocycles. The van der Waals surface area contributed by atoms with E-state index in [-0.39, 0.29) is 11.6 Å². The van der Waals surface area contributed by atoms with E-state index in [0.717, 1.165) is 30.9 Å². The zero-order chi connectivity index (χ0) is 13.7. The van der Waals surface area contributed by atoms with Crippen molar-refractivity contribution in [2.24, 2.45) is 0 Å². The summed E-state index contributed by atoms with van der Waals surface area (Å²) in [6.07, 6.45) is 6.59. The van der Waals surface area contributed by atoms with Crippen molar-refractivity contribution in [3.05, 3.63) is 52.5 Å². The fraction of sp³-hybridized carbons (Fsp3) is 0.429. The van der Waals surface area contributed by atoms with Gasteiger partial charge in [-0.25, -0.2) is 4.98 Å². The molecule has 0 saturated carbocycles. The molecular formula is C14H20N4O. The van der Waals surface area contributed by atoms with Gasteiger partial charge in [-0.05, 0) is 25.5 Å². The number of rotatable bonds is 6. The summed E-state index contributed by atoms with van der Waals surface area (Å²) in [4.78, 5) is 18.3. The van der Waals surface area contributed by atoms with E-state index in [0.29, 0.717) is 0 Å². The third-order valence-electron chi connectivity index (χ3n) is 3.09. The van der Waals surface area contributed by atoms with Crippen molar-refractivity contribution in [3.63, 3.8) is 0 Å². The van der Waals surface area contributed by atoms with Gasteiger partial charge in [0.2, 0.25) is 5.56 Å². The second-order valence-electron chi connectivity index (χ2n) is 4.44. The molecule has 5 heteroatoms. The van der Waals surface area contributed by atoms with Gasteiger partial charge in [-0.1, -0.05) is 13.0 Å². The number of nitrogens with one attached hydrogen (secondary N) is 2. The summed E-state index contributed by atoms with van der Waals surface area (Å²) in [7, 11) is 0. The highest BCUT2D eigenvalue weighted by atomic mass is 16.1. The van der Waals surface area contributed by atoms with Gasteiger partial charge in [0.15, 0.2) is 0 Å². The van der Waals surface area contributed by atoms with Crippen molar-refractivity contribution in [1.82, 2.24) is 19.9 Å². The highest BCUT2D eigenvalue weighted by Gasteiger charge is 2.18. The van der Waals surface area contributed by atoms with Gasteiger partial charge in [-0.15, -0.1) is 0 Å². The molecule has 0 spiro atoms. The van der Waals surface area contributed by atoms with Crippen LogP contribution in [-0.4, -0.2) is 21.1 Å². The van der Waals surface area contributed by atoms with Crippen LogP contribution in [0.2, 0.25) is 0 Å². The lowest BCUT2D eigenvalue weighted by molar-refractivity contribution is 0.540. The second kappa shape index (κ2) is 6.33. The molecule has 2 N–H and O–H groups in total. The van der Waals surface area contributed by atoms with Crippen LogP contribution in [-0.2, 0) is 6.54 Å². The quantitative estimate of drug-likeness (QED) is 0.830. The molecule has 0 amide bonds. The predicted octanol–water partition coefficient (Wildman–Crippen LogP) is 1.68. The zero-order valence-corrected chi connectivity index (χ0v) is 11.4. The van der Waals surface area contributed by atoms with Crippen molar-refractivity contribution in [3.8, 4) is 0 Å². The minimum atomic E-state index is -0.0863. The fourth-order valence-corrected chi connectivity index (χ4v) is 2.10. The third-order valence-corrected chi connectivity index (χ3v) is 3.09. The molecule has 1 unspecified atom stereocenters. The molecule has 1 atom stereocenters. The largest absolute Gasteiger partial charge is 0.334 e. The maximum atomic E-state index is 11.2. The van der Waals surface area contributed by atoms with Crippen LogP contribution in [0.3, 0.4) is 0 Å². The van der Waals surface area contributed by atoms with Crippen LogP contribution in [0.25, 0.3) is 0 Å². The van der Waals surface area contributed by atoms with Crippen molar-refractivity contribution >= 4 is 0 Å². The summed E-state index contributed by atoms with van der Waals surface area (Å²) in [5, 5.41) is 3.48. The van der Waals surface area contributed by atoms with Gasteiger partial charge in [0, 0.05) is 31.2 Å². The Morgan fingerprint density at radius 3 is 2.89 bits per heavy atom. The summed E-state index contributed by atoms with van der Waals surface area (Å²) < 4.78 is 2.11. The molecule has 2 aromatic heterocycles. The first-order valence-electron chi connectivity index (χ1n) is 6.69. The Kier molecular flexibility index (Phi) is 4.52. The van der Waals surface area contributed by atoms with Gasteiger partial charge < -0.3 is 14.9 Å². The minimum absolute atomic E-state index is 0.00625. The summed E-state index contributed by atoms with van der Waals surface area (Å²) >= 11 is 0. The molecule has 0 fully saturated rings. The van der Waals surface area contributed by atoms with Gasteiger partial charge >= 0.3 is 0 Å². The van der Waals surface area contributed by atoms with Crippen LogP contribution in [0.5, 0.6) is 0 Å². The average Bonchev–Trinajstić information content (AvgIpc) is 2.89. The highest BCUT2D eigenvalue weighted by Crippen LogP contribution is 2.19. The Bertz CT molecular complexity index is 552. The molecule has 2 aromatic rings. The van der Waals surface area contributed by atoms with Gasteiger partial charge in [-0.3, -0.25) is 4.79 Å². The number of aryl methyl sites for hydroxylation is 1. The maximum absolute atomic E-state index is 11.2. The van der Waals surface area contributed by atoms with Gasteiger partial charge in [-0.2, -0.15) is 0 Å². The Balaban J connectivity index is 2.35. The molecule has 0 aliphatic heterocycles. The molecule has 5 nitrogen and oxygen atoms in total. The summed E-state index contributed by atoms with van der Waals surface area (Å²) in [6, 6.07) is 3.41. The van der Waals surface area contributed by atoms with Gasteiger partial charge in [0.05, 0.1) is 6.04 Å². The lowest BCUT2D eigenvalue weighted by atomic mass is 10.1. The molecule has 0 aliphatic carbocycles. The summed E-state index contributed by atoms with van der Waals surface area (Å²) in [5.41, 5.74) is 0.936. The standard InChI is InChI=1S/C14H20N4O/c1-3-7-15-13(11-5-6-12(19)17-10-11)14-16-8-9-18(14)4-2/h5-6,8-10,13,15H,3-4,7H2,1-2H3,(H,17,19). The van der Waals surface area contributed by atoms with E-state index < -0.39 is 0 Å². The third kappa shape index (κ3) is 3.12. The molecule has 102 valence electrons. The Hall–Kier alpha value is -1.88. The van der Waals surface area contributed by atoms with Crippen LogP contribution >= 0.6 is 0 Å². The molecule has 2 rings (SSSR count). The SMILES string of the molecule is CCCNC(c1ccc(=O)[nH]c1)c1nccn1CC. The maximum Gasteiger partial charge on any atom is 0.247 e. The van der Waals surface area contributed by atoms with E-state index >= 15 is 0 Å². The van der Waals surface area contributed by atoms with E-state index in [9.17, 15) is 4.79 Å². The monoisotopic (exact) mass is 260 g/mol. The molecule has 19 heavy (non-hydrogen) atoms. The van der Waals surface area contributed by atoms with Crippen molar-refractivity contribution in [2.45, 2.75) is 32.9 Å². The smallest absolute Gasteiger partial charge is 0.247 e. The lowest BCUT2D eigenvalue weighted by Crippen LogP contribution is -2.26. The van der Waals surface area contributed by atoms with E-state index in [1.54, 1.807) is 12.3 Å². The second-order valence-corrected chi connectivity index (χ2v) is 4.44. The minimum Gasteiger partial charge on any atom is -0.334 e. The topological polar surface area (TPSA) is 62.7 Å². The number of hydrogen-bond acceptors (Lipinski definition) is 3. The van der Waals surface area contributed by atoms with Crippen LogP contribution in [0.1, 0.15) is 37.7 Å². The van der Waals surface area contributed by atoms with Gasteiger partial charge in [0.1, 0.15) is 5.82 Å². The van der Waals surface area contributed by atoms with E-state index in [2.05, 4.69) is 33.7 Å². The fourth-order valence-electron chi connectivity index (χ4n) is 2.10. The number of aromatic nitrogens is 3. The number of H-pyrrole nitrogens is 1. The summed E-state index contributed by atoms with van der Waals surface area (Å²) in [5.74, 6) is 0.975. The van der Waals surface area contributed by atoms with E-state index in [1.807, 2.05) is 18.5 Å². The molecule has 0 saturated heterocycles. The average molecular weight is 260 g/mol. The van der Waals surface area contributed by atoms with Crippen LogP contribution in [0.4, 0.5) is 0 Å². The Morgan fingerprint density at radius 1 is 1.42 bits per heavy atom. The molecular weight excluding hydrogens is 240 g/mol. The first-order chi connectivity index (χ1) is 9.26. The Morgan fingerprint density at radius 2 is 2.26 bits per heavy atom. The molecule has 0 bridgehead atoms. The van der Waals surface area contributed by atoms with E-state index in [4.69, 9.17) is 0 Å². The molecule has 0 radical (unpaired) electrons. The number of hydrogen-bond donors (Lipinski definition) is 2. The first kappa shape index (κ1) is 13.5. The van der Waals surface area contributed by atoms with Crippen molar-refractivity contribution in [2.75, 3.05) is 6.54 Å². The Labute approximate surface area is 112 Å². The molecule has 0 aliphatic rings. The number of imidazole rings is 1. The van der Waals surface area contributed by atoms with Gasteiger partial charge in [0.25, 0.3) is 0 Å². The van der Waals surface area contributed by atoms with E-state index in [1.165, 1.54) is 0 Å². The van der Waals surface area contributed by atoms with Crippen molar-refractivity contribution in [1.29, 1.82) is 0 Å². The predicted molar refractivity (Wildman–Crippen MR) is 75.1 cm³/mol. The number of aromatic amines is 1. The summed E-state index contributed by atoms with van der Waals surface area (Å²) in [6.45, 7) is 6.00. The first-order valence-corrected chi connectivity index (χ1v) is 6.69. The normalized spacial score (nSPS) is 12.5. The lowest BCUT2D eigenvalue weighted by Gasteiger charge is -2.19. The number of pyridine rings is 1. The highest BCUT2D eigenvalue weighted by molar-refractivity contribution is 5.22. The molecule has 2 heterocycles. The van der Waals surface area contributed by atoms with Crippen LogP contribution in [0.15, 0.2) is 35.5 Å². The van der Waals surface area contributed by atoms with Crippen LogP contribution < -0.4 is 10.9 Å². The zero-order valence-electron chi connectivity index (χ0n) is 11.4.